The summed E-state index contributed by atoms with van der Waals surface area (Å²) in [5.41, 5.74) is 0.523. The molecule has 0 amide bonds. The molecule has 0 aromatic heterocycles. The molecule has 0 aliphatic rings. The minimum Gasteiger partial charge on any atom is -0.496 e. The first-order chi connectivity index (χ1) is 6.70. The van der Waals surface area contributed by atoms with Crippen LogP contribution in [0.1, 0.15) is 5.56 Å². The molecule has 1 N–H and O–H groups in total. The first kappa shape index (κ1) is 11.3. The molecule has 1 aromatic carbocycles. The highest BCUT2D eigenvalue weighted by Gasteiger charge is 2.11. The van der Waals surface area contributed by atoms with Crippen molar-refractivity contribution in [3.8, 4) is 5.75 Å². The van der Waals surface area contributed by atoms with Gasteiger partial charge in [0, 0.05) is 5.56 Å². The van der Waals surface area contributed by atoms with Crippen molar-refractivity contribution in [2.45, 2.75) is 6.42 Å². The van der Waals surface area contributed by atoms with Gasteiger partial charge in [0.1, 0.15) is 11.6 Å². The standard InChI is InChI=1S/C10H13ClFNO/c1-13-6-5-7-9(14-2)4-3-8(11)10(7)12/h3-4,13H,5-6H2,1-2H3. The number of nitrogens with one attached hydrogen (secondary N) is 1. The number of ether oxygens (including phenoxy) is 1. The van der Waals surface area contributed by atoms with Gasteiger partial charge in [0.05, 0.1) is 12.1 Å². The number of rotatable bonds is 4. The van der Waals surface area contributed by atoms with Crippen LogP contribution in [0, 0.1) is 5.82 Å². The summed E-state index contributed by atoms with van der Waals surface area (Å²) >= 11 is 5.67. The third-order valence-electron chi connectivity index (χ3n) is 2.00. The van der Waals surface area contributed by atoms with Gasteiger partial charge in [-0.2, -0.15) is 0 Å². The lowest BCUT2D eigenvalue weighted by Gasteiger charge is -2.10. The van der Waals surface area contributed by atoms with Gasteiger partial charge in [-0.25, -0.2) is 4.39 Å². The molecule has 0 radical (unpaired) electrons. The Hall–Kier alpha value is -0.800. The van der Waals surface area contributed by atoms with E-state index in [2.05, 4.69) is 5.32 Å². The van der Waals surface area contributed by atoms with Gasteiger partial charge in [0.2, 0.25) is 0 Å². The minimum atomic E-state index is -0.388. The lowest BCUT2D eigenvalue weighted by Crippen LogP contribution is -2.12. The topological polar surface area (TPSA) is 21.3 Å². The molecule has 0 bridgehead atoms. The highest BCUT2D eigenvalue weighted by molar-refractivity contribution is 6.30. The van der Waals surface area contributed by atoms with Crippen LogP contribution in [0.15, 0.2) is 12.1 Å². The third kappa shape index (κ3) is 2.36. The number of hydrogen-bond donors (Lipinski definition) is 1. The second-order valence-electron chi connectivity index (χ2n) is 2.90. The highest BCUT2D eigenvalue weighted by atomic mass is 35.5. The Bertz CT molecular complexity index is 317. The zero-order valence-electron chi connectivity index (χ0n) is 8.23. The van der Waals surface area contributed by atoms with Crippen LogP contribution in [0.25, 0.3) is 0 Å². The number of halogens is 2. The van der Waals surface area contributed by atoms with Crippen LogP contribution in [0.4, 0.5) is 4.39 Å². The van der Waals surface area contributed by atoms with E-state index in [4.69, 9.17) is 16.3 Å². The molecule has 0 atom stereocenters. The smallest absolute Gasteiger partial charge is 0.148 e. The molecular formula is C10H13ClFNO. The van der Waals surface area contributed by atoms with Crippen LogP contribution < -0.4 is 10.1 Å². The molecule has 4 heteroatoms. The van der Waals surface area contributed by atoms with Crippen LogP contribution in [0.5, 0.6) is 5.75 Å². The lowest BCUT2D eigenvalue weighted by molar-refractivity contribution is 0.404. The zero-order chi connectivity index (χ0) is 10.6. The average molecular weight is 218 g/mol. The second-order valence-corrected chi connectivity index (χ2v) is 3.30. The number of hydrogen-bond acceptors (Lipinski definition) is 2. The monoisotopic (exact) mass is 217 g/mol. The highest BCUT2D eigenvalue weighted by Crippen LogP contribution is 2.27. The summed E-state index contributed by atoms with van der Waals surface area (Å²) in [4.78, 5) is 0. The number of benzene rings is 1. The summed E-state index contributed by atoms with van der Waals surface area (Å²) in [7, 11) is 3.33. The summed E-state index contributed by atoms with van der Waals surface area (Å²) in [6.07, 6.45) is 0.562. The lowest BCUT2D eigenvalue weighted by atomic mass is 10.1. The molecule has 2 nitrogen and oxygen atoms in total. The van der Waals surface area contributed by atoms with Crippen molar-refractivity contribution >= 4 is 11.6 Å². The van der Waals surface area contributed by atoms with Gasteiger partial charge >= 0.3 is 0 Å². The van der Waals surface area contributed by atoms with Crippen LogP contribution in [0.3, 0.4) is 0 Å². The van der Waals surface area contributed by atoms with Gasteiger partial charge in [0.15, 0.2) is 0 Å². The van der Waals surface area contributed by atoms with Crippen molar-refractivity contribution in [2.24, 2.45) is 0 Å². The SMILES string of the molecule is CNCCc1c(OC)ccc(Cl)c1F. The zero-order valence-corrected chi connectivity index (χ0v) is 8.99. The van der Waals surface area contributed by atoms with E-state index in [1.54, 1.807) is 6.07 Å². The van der Waals surface area contributed by atoms with Crippen molar-refractivity contribution in [1.82, 2.24) is 5.32 Å². The first-order valence-corrected chi connectivity index (χ1v) is 4.74. The maximum absolute atomic E-state index is 13.5. The van der Waals surface area contributed by atoms with E-state index in [1.807, 2.05) is 7.05 Å². The van der Waals surface area contributed by atoms with Gasteiger partial charge in [-0.15, -0.1) is 0 Å². The number of likely N-dealkylation sites (N-methyl/N-ethyl adjacent to an activating group) is 1. The van der Waals surface area contributed by atoms with E-state index in [1.165, 1.54) is 13.2 Å². The van der Waals surface area contributed by atoms with Gasteiger partial charge in [-0.05, 0) is 32.1 Å². The molecule has 1 aromatic rings. The molecule has 0 saturated carbocycles. The Morgan fingerprint density at radius 1 is 1.50 bits per heavy atom. The Balaban J connectivity index is 3.01. The molecule has 78 valence electrons. The van der Waals surface area contributed by atoms with E-state index >= 15 is 0 Å². The van der Waals surface area contributed by atoms with Crippen LogP contribution >= 0.6 is 11.6 Å². The molecule has 0 aliphatic carbocycles. The second kappa shape index (κ2) is 5.17. The number of methoxy groups -OCH3 is 1. The van der Waals surface area contributed by atoms with E-state index in [0.717, 1.165) is 0 Å². The molecule has 0 aliphatic heterocycles. The van der Waals surface area contributed by atoms with Crippen LogP contribution in [-0.2, 0) is 6.42 Å². The quantitative estimate of drug-likeness (QED) is 0.836. The fraction of sp³-hybridized carbons (Fsp3) is 0.400. The van der Waals surface area contributed by atoms with Crippen molar-refractivity contribution in [3.63, 3.8) is 0 Å². The van der Waals surface area contributed by atoms with Crippen molar-refractivity contribution < 1.29 is 9.13 Å². The molecule has 0 saturated heterocycles. The van der Waals surface area contributed by atoms with Crippen LogP contribution in [-0.4, -0.2) is 20.7 Å². The summed E-state index contributed by atoms with van der Waals surface area (Å²) in [6, 6.07) is 3.18. The summed E-state index contributed by atoms with van der Waals surface area (Å²) in [5, 5.41) is 3.08. The Labute approximate surface area is 88.0 Å². The molecule has 0 fully saturated rings. The van der Waals surface area contributed by atoms with Crippen LogP contribution in [0.2, 0.25) is 5.02 Å². The van der Waals surface area contributed by atoms with Crippen molar-refractivity contribution in [2.75, 3.05) is 20.7 Å². The molecule has 0 spiro atoms. The molecular weight excluding hydrogens is 205 g/mol. The fourth-order valence-corrected chi connectivity index (χ4v) is 1.43. The average Bonchev–Trinajstić information content (AvgIpc) is 2.20. The largest absolute Gasteiger partial charge is 0.496 e. The summed E-state index contributed by atoms with van der Waals surface area (Å²) in [6.45, 7) is 0.688. The Morgan fingerprint density at radius 2 is 2.21 bits per heavy atom. The van der Waals surface area contributed by atoms with E-state index in [0.29, 0.717) is 24.3 Å². The van der Waals surface area contributed by atoms with Gasteiger partial charge < -0.3 is 10.1 Å². The molecule has 0 heterocycles. The Kier molecular flexibility index (Phi) is 4.17. The van der Waals surface area contributed by atoms with Crippen molar-refractivity contribution in [1.29, 1.82) is 0 Å². The van der Waals surface area contributed by atoms with E-state index in [9.17, 15) is 4.39 Å². The predicted molar refractivity (Wildman–Crippen MR) is 55.6 cm³/mol. The fourth-order valence-electron chi connectivity index (χ4n) is 1.25. The minimum absolute atomic E-state index is 0.136. The molecule has 0 unspecified atom stereocenters. The first-order valence-electron chi connectivity index (χ1n) is 4.36. The Morgan fingerprint density at radius 3 is 2.79 bits per heavy atom. The normalized spacial score (nSPS) is 10.3. The van der Waals surface area contributed by atoms with Crippen molar-refractivity contribution in [3.05, 3.63) is 28.5 Å². The van der Waals surface area contributed by atoms with Gasteiger partial charge in [-0.1, -0.05) is 11.6 Å². The maximum Gasteiger partial charge on any atom is 0.148 e. The summed E-state index contributed by atoms with van der Waals surface area (Å²) in [5.74, 6) is 0.156. The maximum atomic E-state index is 13.5. The third-order valence-corrected chi connectivity index (χ3v) is 2.29. The van der Waals surface area contributed by atoms with E-state index in [-0.39, 0.29) is 10.8 Å². The predicted octanol–water partition coefficient (Wildman–Crippen LogP) is 2.25. The van der Waals surface area contributed by atoms with Gasteiger partial charge in [-0.3, -0.25) is 0 Å². The molecule has 1 rings (SSSR count). The summed E-state index contributed by atoms with van der Waals surface area (Å²) < 4.78 is 18.6. The van der Waals surface area contributed by atoms with Gasteiger partial charge in [0.25, 0.3) is 0 Å². The molecule has 14 heavy (non-hydrogen) atoms. The van der Waals surface area contributed by atoms with E-state index < -0.39 is 0 Å².